The van der Waals surface area contributed by atoms with Crippen molar-refractivity contribution in [1.29, 1.82) is 0 Å². The monoisotopic (exact) mass is 306 g/mol. The van der Waals surface area contributed by atoms with Gasteiger partial charge in [0.1, 0.15) is 0 Å². The maximum absolute atomic E-state index is 3.54. The molecule has 1 aromatic carbocycles. The van der Waals surface area contributed by atoms with E-state index >= 15 is 0 Å². The van der Waals surface area contributed by atoms with Crippen molar-refractivity contribution in [3.05, 3.63) is 35.4 Å². The number of hydrogen-bond donors (Lipinski definition) is 1. The third-order valence-electron chi connectivity index (χ3n) is 3.75. The topological polar surface area (TPSA) is 15.3 Å². The molecule has 0 aromatic heterocycles. The quantitative estimate of drug-likeness (QED) is 0.908. The Morgan fingerprint density at radius 3 is 2.10 bits per heavy atom. The molecule has 0 aliphatic carbocycles. The van der Waals surface area contributed by atoms with Crippen molar-refractivity contribution in [2.45, 2.75) is 63.7 Å². The third-order valence-corrected chi connectivity index (χ3v) is 4.97. The van der Waals surface area contributed by atoms with E-state index in [2.05, 4.69) is 80.9 Å². The largest absolute Gasteiger partial charge is 0.308 e. The van der Waals surface area contributed by atoms with Crippen LogP contribution in [0.4, 0.5) is 0 Å². The van der Waals surface area contributed by atoms with Crippen molar-refractivity contribution in [2.75, 3.05) is 13.1 Å². The smallest absolute Gasteiger partial charge is 0.0234 e. The molecule has 1 fully saturated rings. The second-order valence-corrected chi connectivity index (χ2v) is 9.25. The summed E-state index contributed by atoms with van der Waals surface area (Å²) in [6.45, 7) is 15.8. The number of thioether (sulfide) groups is 1. The van der Waals surface area contributed by atoms with Crippen molar-refractivity contribution in [1.82, 2.24) is 10.2 Å². The fourth-order valence-electron chi connectivity index (χ4n) is 2.80. The van der Waals surface area contributed by atoms with Gasteiger partial charge in [0.25, 0.3) is 0 Å². The lowest BCUT2D eigenvalue weighted by Gasteiger charge is -2.34. The zero-order valence-corrected chi connectivity index (χ0v) is 15.0. The maximum atomic E-state index is 3.54. The first-order valence-corrected chi connectivity index (χ1v) is 8.97. The summed E-state index contributed by atoms with van der Waals surface area (Å²) in [5.74, 6) is 0. The van der Waals surface area contributed by atoms with Gasteiger partial charge in [-0.2, -0.15) is 11.8 Å². The molecular weight excluding hydrogens is 276 g/mol. The number of benzene rings is 1. The molecule has 1 N–H and O–H groups in total. The lowest BCUT2D eigenvalue weighted by molar-refractivity contribution is 0.263. The van der Waals surface area contributed by atoms with Gasteiger partial charge in [0.05, 0.1) is 0 Å². The van der Waals surface area contributed by atoms with Crippen molar-refractivity contribution in [2.24, 2.45) is 0 Å². The summed E-state index contributed by atoms with van der Waals surface area (Å²) >= 11 is 2.12. The molecule has 0 amide bonds. The molecule has 2 nitrogen and oxygen atoms in total. The zero-order valence-electron chi connectivity index (χ0n) is 14.1. The fraction of sp³-hybridized carbons (Fsp3) is 0.667. The molecule has 2 unspecified atom stereocenters. The predicted molar refractivity (Wildman–Crippen MR) is 94.8 cm³/mol. The Labute approximate surface area is 134 Å². The Morgan fingerprint density at radius 1 is 1.05 bits per heavy atom. The Hall–Kier alpha value is -0.510. The van der Waals surface area contributed by atoms with E-state index in [0.717, 1.165) is 23.6 Å². The number of hydrogen-bond acceptors (Lipinski definition) is 3. The Balaban J connectivity index is 1.87. The number of nitrogens with zero attached hydrogens (tertiary/aromatic N) is 1. The molecule has 1 saturated heterocycles. The highest BCUT2D eigenvalue weighted by Gasteiger charge is 2.22. The van der Waals surface area contributed by atoms with Crippen LogP contribution in [0.25, 0.3) is 0 Å². The minimum Gasteiger partial charge on any atom is -0.308 e. The van der Waals surface area contributed by atoms with E-state index in [1.165, 1.54) is 24.2 Å². The van der Waals surface area contributed by atoms with Gasteiger partial charge >= 0.3 is 0 Å². The molecule has 2 rings (SSSR count). The van der Waals surface area contributed by atoms with Gasteiger partial charge in [0.15, 0.2) is 0 Å². The van der Waals surface area contributed by atoms with E-state index in [9.17, 15) is 0 Å². The zero-order chi connectivity index (χ0) is 15.5. The molecule has 3 heteroatoms. The van der Waals surface area contributed by atoms with E-state index in [1.54, 1.807) is 0 Å². The van der Waals surface area contributed by atoms with Gasteiger partial charge in [0, 0.05) is 42.2 Å². The summed E-state index contributed by atoms with van der Waals surface area (Å²) in [6.07, 6.45) is 0. The van der Waals surface area contributed by atoms with E-state index in [1.807, 2.05) is 0 Å². The molecule has 1 aliphatic rings. The molecule has 1 heterocycles. The first kappa shape index (κ1) is 16.9. The SMILES string of the molecule is CC1CN(Cc2ccc(CNC(C)(C)C)cc2)CC(C)S1. The van der Waals surface area contributed by atoms with Crippen LogP contribution in [0, 0.1) is 0 Å². The van der Waals surface area contributed by atoms with Gasteiger partial charge in [0.2, 0.25) is 0 Å². The Bertz CT molecular complexity index is 426. The van der Waals surface area contributed by atoms with Gasteiger partial charge in [-0.25, -0.2) is 0 Å². The van der Waals surface area contributed by atoms with Crippen LogP contribution in [-0.4, -0.2) is 34.0 Å². The number of nitrogens with one attached hydrogen (secondary N) is 1. The van der Waals surface area contributed by atoms with Crippen LogP contribution in [-0.2, 0) is 13.1 Å². The third kappa shape index (κ3) is 6.01. The number of rotatable bonds is 4. The van der Waals surface area contributed by atoms with Crippen LogP contribution < -0.4 is 5.32 Å². The average Bonchev–Trinajstić information content (AvgIpc) is 2.36. The molecule has 0 radical (unpaired) electrons. The van der Waals surface area contributed by atoms with Gasteiger partial charge in [-0.15, -0.1) is 0 Å². The fourth-order valence-corrected chi connectivity index (χ4v) is 4.19. The second-order valence-electron chi connectivity index (χ2n) is 7.37. The van der Waals surface area contributed by atoms with Crippen LogP contribution in [0.1, 0.15) is 45.7 Å². The first-order valence-electron chi connectivity index (χ1n) is 8.02. The van der Waals surface area contributed by atoms with Crippen LogP contribution in [0.2, 0.25) is 0 Å². The molecule has 0 bridgehead atoms. The Kier molecular flexibility index (Phi) is 5.75. The summed E-state index contributed by atoms with van der Waals surface area (Å²) in [5.41, 5.74) is 2.97. The molecule has 1 aromatic rings. The van der Waals surface area contributed by atoms with Crippen molar-refractivity contribution in [3.63, 3.8) is 0 Å². The normalized spacial score (nSPS) is 24.2. The summed E-state index contributed by atoms with van der Waals surface area (Å²) in [4.78, 5) is 2.59. The molecule has 1 aliphatic heterocycles. The lowest BCUT2D eigenvalue weighted by Crippen LogP contribution is -2.39. The average molecular weight is 307 g/mol. The minimum atomic E-state index is 0.177. The van der Waals surface area contributed by atoms with Crippen molar-refractivity contribution < 1.29 is 0 Å². The molecule has 2 atom stereocenters. The summed E-state index contributed by atoms with van der Waals surface area (Å²) < 4.78 is 0. The first-order chi connectivity index (χ1) is 9.82. The summed E-state index contributed by atoms with van der Waals surface area (Å²) in [6, 6.07) is 9.10. The highest BCUT2D eigenvalue weighted by molar-refractivity contribution is 8.00. The second kappa shape index (κ2) is 7.17. The minimum absolute atomic E-state index is 0.177. The summed E-state index contributed by atoms with van der Waals surface area (Å²) in [5, 5.41) is 5.04. The van der Waals surface area contributed by atoms with Gasteiger partial charge < -0.3 is 5.32 Å². The Morgan fingerprint density at radius 2 is 1.57 bits per heavy atom. The molecule has 0 saturated carbocycles. The van der Waals surface area contributed by atoms with Crippen molar-refractivity contribution >= 4 is 11.8 Å². The van der Waals surface area contributed by atoms with Crippen molar-refractivity contribution in [3.8, 4) is 0 Å². The maximum Gasteiger partial charge on any atom is 0.0234 e. The molecule has 0 spiro atoms. The molecular formula is C18H30N2S. The molecule has 118 valence electrons. The van der Waals surface area contributed by atoms with Crippen LogP contribution in [0.5, 0.6) is 0 Å². The summed E-state index contributed by atoms with van der Waals surface area (Å²) in [7, 11) is 0. The predicted octanol–water partition coefficient (Wildman–Crippen LogP) is 3.90. The lowest BCUT2D eigenvalue weighted by atomic mass is 10.1. The van der Waals surface area contributed by atoms with Gasteiger partial charge in [-0.3, -0.25) is 4.90 Å². The van der Waals surface area contributed by atoms with E-state index in [0.29, 0.717) is 0 Å². The van der Waals surface area contributed by atoms with Crippen LogP contribution >= 0.6 is 11.8 Å². The van der Waals surface area contributed by atoms with E-state index in [-0.39, 0.29) is 5.54 Å². The van der Waals surface area contributed by atoms with E-state index in [4.69, 9.17) is 0 Å². The van der Waals surface area contributed by atoms with E-state index < -0.39 is 0 Å². The van der Waals surface area contributed by atoms with Gasteiger partial charge in [-0.05, 0) is 31.9 Å². The highest BCUT2D eigenvalue weighted by Crippen LogP contribution is 2.25. The highest BCUT2D eigenvalue weighted by atomic mass is 32.2. The molecule has 21 heavy (non-hydrogen) atoms. The van der Waals surface area contributed by atoms with Crippen LogP contribution in [0.15, 0.2) is 24.3 Å². The van der Waals surface area contributed by atoms with Gasteiger partial charge in [-0.1, -0.05) is 38.1 Å². The van der Waals surface area contributed by atoms with Crippen LogP contribution in [0.3, 0.4) is 0 Å². The standard InChI is InChI=1S/C18H30N2S/c1-14-11-20(12-15(2)21-14)13-17-8-6-16(7-9-17)10-19-18(3,4)5/h6-9,14-15,19H,10-13H2,1-5H3.